The molecule has 2 aromatic rings. The Morgan fingerprint density at radius 2 is 2.18 bits per heavy atom. The molecular formula is C13H8BrClN2. The number of pyridine rings is 1. The highest BCUT2D eigenvalue weighted by Gasteiger charge is 2.03. The molecule has 0 aliphatic rings. The minimum Gasteiger partial charge on any atom is -0.339 e. The number of nitrogens with zero attached hydrogens (tertiary/aromatic N) is 1. The predicted molar refractivity (Wildman–Crippen MR) is 74.6 cm³/mol. The summed E-state index contributed by atoms with van der Waals surface area (Å²) >= 11 is 9.21. The van der Waals surface area contributed by atoms with Crippen molar-refractivity contribution in [2.45, 2.75) is 0 Å². The molecule has 1 heterocycles. The van der Waals surface area contributed by atoms with Gasteiger partial charge in [0.15, 0.2) is 0 Å². The molecule has 0 saturated heterocycles. The Labute approximate surface area is 113 Å². The van der Waals surface area contributed by atoms with Crippen LogP contribution in [0.15, 0.2) is 41.0 Å². The van der Waals surface area contributed by atoms with Gasteiger partial charge in [0.25, 0.3) is 0 Å². The number of anilines is 2. The van der Waals surface area contributed by atoms with E-state index in [0.29, 0.717) is 10.8 Å². The Morgan fingerprint density at radius 3 is 2.88 bits per heavy atom. The molecule has 17 heavy (non-hydrogen) atoms. The minimum absolute atomic E-state index is 0.583. The summed E-state index contributed by atoms with van der Waals surface area (Å²) in [5.41, 5.74) is 1.70. The first-order valence-electron chi connectivity index (χ1n) is 4.84. The normalized spacial score (nSPS) is 9.71. The fraction of sp³-hybridized carbons (Fsp3) is 0. The third kappa shape index (κ3) is 3.00. The van der Waals surface area contributed by atoms with Gasteiger partial charge in [0.2, 0.25) is 0 Å². The van der Waals surface area contributed by atoms with Gasteiger partial charge < -0.3 is 5.32 Å². The fourth-order valence-corrected chi connectivity index (χ4v) is 2.07. The van der Waals surface area contributed by atoms with E-state index in [2.05, 4.69) is 32.2 Å². The first-order chi connectivity index (χ1) is 8.19. The van der Waals surface area contributed by atoms with Crippen LogP contribution in [0.25, 0.3) is 0 Å². The molecule has 2 rings (SSSR count). The van der Waals surface area contributed by atoms with Crippen LogP contribution in [0.3, 0.4) is 0 Å². The minimum atomic E-state index is 0.583. The van der Waals surface area contributed by atoms with Crippen molar-refractivity contribution in [1.82, 2.24) is 4.98 Å². The Balaban J connectivity index is 2.28. The van der Waals surface area contributed by atoms with Crippen molar-refractivity contribution in [2.75, 3.05) is 5.32 Å². The van der Waals surface area contributed by atoms with E-state index in [9.17, 15) is 0 Å². The monoisotopic (exact) mass is 306 g/mol. The molecule has 0 aliphatic carbocycles. The lowest BCUT2D eigenvalue weighted by molar-refractivity contribution is 1.29. The molecule has 0 unspecified atom stereocenters. The van der Waals surface area contributed by atoms with Crippen LogP contribution in [-0.2, 0) is 0 Å². The van der Waals surface area contributed by atoms with Crippen LogP contribution >= 0.6 is 27.5 Å². The van der Waals surface area contributed by atoms with E-state index in [4.69, 9.17) is 18.0 Å². The molecule has 0 bridgehead atoms. The Kier molecular flexibility index (Phi) is 3.68. The smallest absolute Gasteiger partial charge is 0.144 e. The van der Waals surface area contributed by atoms with Gasteiger partial charge in [0, 0.05) is 17.4 Å². The molecule has 2 nitrogen and oxygen atoms in total. The maximum atomic E-state index is 5.82. The lowest BCUT2D eigenvalue weighted by Gasteiger charge is -2.07. The standard InChI is InChI=1S/C13H8BrClN2/c1-2-9-4-3-5-11(6-9)17-13-12(14)7-10(15)8-16-13/h1,3-8H,(H,16,17). The average molecular weight is 308 g/mol. The second-order valence-electron chi connectivity index (χ2n) is 3.33. The molecule has 1 aromatic heterocycles. The van der Waals surface area contributed by atoms with E-state index in [-0.39, 0.29) is 0 Å². The second kappa shape index (κ2) is 5.22. The Hall–Kier alpha value is -1.50. The van der Waals surface area contributed by atoms with Crippen LogP contribution in [-0.4, -0.2) is 4.98 Å². The van der Waals surface area contributed by atoms with E-state index in [0.717, 1.165) is 15.7 Å². The quantitative estimate of drug-likeness (QED) is 0.840. The van der Waals surface area contributed by atoms with Gasteiger partial charge in [-0.1, -0.05) is 23.6 Å². The van der Waals surface area contributed by atoms with E-state index in [1.807, 2.05) is 24.3 Å². The van der Waals surface area contributed by atoms with Crippen molar-refractivity contribution in [3.05, 3.63) is 51.6 Å². The molecule has 0 aliphatic heterocycles. The second-order valence-corrected chi connectivity index (χ2v) is 4.62. The zero-order chi connectivity index (χ0) is 12.3. The van der Waals surface area contributed by atoms with Gasteiger partial charge in [-0.3, -0.25) is 0 Å². The summed E-state index contributed by atoms with van der Waals surface area (Å²) < 4.78 is 0.802. The van der Waals surface area contributed by atoms with Crippen LogP contribution in [0, 0.1) is 12.3 Å². The van der Waals surface area contributed by atoms with Crippen molar-refractivity contribution in [3.8, 4) is 12.3 Å². The molecule has 1 N–H and O–H groups in total. The molecule has 1 aromatic carbocycles. The number of benzene rings is 1. The first kappa shape index (κ1) is 12.0. The predicted octanol–water partition coefficient (Wildman–Crippen LogP) is 4.22. The van der Waals surface area contributed by atoms with Crippen LogP contribution in [0.5, 0.6) is 0 Å². The lowest BCUT2D eigenvalue weighted by atomic mass is 10.2. The SMILES string of the molecule is C#Cc1cccc(Nc2ncc(Cl)cc2Br)c1. The summed E-state index contributed by atoms with van der Waals surface area (Å²) in [4.78, 5) is 4.19. The molecule has 84 valence electrons. The topological polar surface area (TPSA) is 24.9 Å². The zero-order valence-corrected chi connectivity index (χ0v) is 11.1. The van der Waals surface area contributed by atoms with E-state index < -0.39 is 0 Å². The summed E-state index contributed by atoms with van der Waals surface area (Å²) in [5, 5.41) is 3.75. The van der Waals surface area contributed by atoms with Gasteiger partial charge >= 0.3 is 0 Å². The first-order valence-corrected chi connectivity index (χ1v) is 6.01. The van der Waals surface area contributed by atoms with Crippen LogP contribution in [0.2, 0.25) is 5.02 Å². The molecular weight excluding hydrogens is 300 g/mol. The highest BCUT2D eigenvalue weighted by molar-refractivity contribution is 9.10. The molecule has 0 amide bonds. The summed E-state index contributed by atoms with van der Waals surface area (Å²) in [6.45, 7) is 0. The highest BCUT2D eigenvalue weighted by atomic mass is 79.9. The molecule has 4 heteroatoms. The third-order valence-corrected chi connectivity index (χ3v) is 2.91. The van der Waals surface area contributed by atoms with Gasteiger partial charge in [-0.2, -0.15) is 0 Å². The van der Waals surface area contributed by atoms with E-state index >= 15 is 0 Å². The van der Waals surface area contributed by atoms with E-state index in [1.54, 1.807) is 12.3 Å². The van der Waals surface area contributed by atoms with E-state index in [1.165, 1.54) is 0 Å². The average Bonchev–Trinajstić information content (AvgIpc) is 2.33. The van der Waals surface area contributed by atoms with Gasteiger partial charge in [-0.15, -0.1) is 6.42 Å². The molecule has 0 radical (unpaired) electrons. The lowest BCUT2D eigenvalue weighted by Crippen LogP contribution is -1.94. The largest absolute Gasteiger partial charge is 0.339 e. The molecule has 0 saturated carbocycles. The van der Waals surface area contributed by atoms with Crippen molar-refractivity contribution < 1.29 is 0 Å². The van der Waals surface area contributed by atoms with Crippen LogP contribution in [0.4, 0.5) is 11.5 Å². The van der Waals surface area contributed by atoms with Gasteiger partial charge in [-0.25, -0.2) is 4.98 Å². The highest BCUT2D eigenvalue weighted by Crippen LogP contribution is 2.26. The van der Waals surface area contributed by atoms with Crippen molar-refractivity contribution >= 4 is 39.0 Å². The summed E-state index contributed by atoms with van der Waals surface area (Å²) in [7, 11) is 0. The summed E-state index contributed by atoms with van der Waals surface area (Å²) in [6, 6.07) is 9.34. The van der Waals surface area contributed by atoms with Crippen LogP contribution < -0.4 is 5.32 Å². The number of terminal acetylenes is 1. The number of hydrogen-bond donors (Lipinski definition) is 1. The zero-order valence-electron chi connectivity index (χ0n) is 8.74. The molecule has 0 spiro atoms. The Morgan fingerprint density at radius 1 is 1.35 bits per heavy atom. The number of rotatable bonds is 2. The van der Waals surface area contributed by atoms with Gasteiger partial charge in [0.05, 0.1) is 9.50 Å². The summed E-state index contributed by atoms with van der Waals surface area (Å²) in [5.74, 6) is 3.28. The fourth-order valence-electron chi connectivity index (χ4n) is 1.33. The maximum absolute atomic E-state index is 5.82. The van der Waals surface area contributed by atoms with Crippen molar-refractivity contribution in [3.63, 3.8) is 0 Å². The number of nitrogens with one attached hydrogen (secondary N) is 1. The summed E-state index contributed by atoms with van der Waals surface area (Å²) in [6.07, 6.45) is 6.92. The van der Waals surface area contributed by atoms with Crippen LogP contribution in [0.1, 0.15) is 5.56 Å². The third-order valence-electron chi connectivity index (χ3n) is 2.10. The van der Waals surface area contributed by atoms with Crippen molar-refractivity contribution in [1.29, 1.82) is 0 Å². The molecule has 0 atom stereocenters. The number of aromatic nitrogens is 1. The van der Waals surface area contributed by atoms with Gasteiger partial charge in [-0.05, 0) is 40.2 Å². The number of hydrogen-bond acceptors (Lipinski definition) is 2. The molecule has 0 fully saturated rings. The maximum Gasteiger partial charge on any atom is 0.144 e. The Bertz CT molecular complexity index is 590. The van der Waals surface area contributed by atoms with Gasteiger partial charge in [0.1, 0.15) is 5.82 Å². The number of halogens is 2. The van der Waals surface area contributed by atoms with Crippen molar-refractivity contribution in [2.24, 2.45) is 0 Å².